The Morgan fingerprint density at radius 2 is 1.76 bits per heavy atom. The predicted octanol–water partition coefficient (Wildman–Crippen LogP) is 0.240. The van der Waals surface area contributed by atoms with Crippen molar-refractivity contribution in [3.63, 3.8) is 0 Å². The number of likely N-dealkylation sites (tertiary alicyclic amines) is 1. The second-order valence-corrected chi connectivity index (χ2v) is 9.12. The molecule has 7 heteroatoms. The maximum Gasteiger partial charge on any atom is 0.281 e. The molecule has 2 aliphatic heterocycles. The van der Waals surface area contributed by atoms with Gasteiger partial charge in [0.05, 0.1) is 10.7 Å². The van der Waals surface area contributed by atoms with Crippen molar-refractivity contribution in [3.8, 4) is 0 Å². The number of hydrogen-bond acceptors (Lipinski definition) is 2. The molecule has 2 aliphatic rings. The van der Waals surface area contributed by atoms with E-state index in [4.69, 9.17) is 11.6 Å². The maximum atomic E-state index is 13.1. The fourth-order valence-corrected chi connectivity index (χ4v) is 4.96. The van der Waals surface area contributed by atoms with Crippen molar-refractivity contribution in [3.05, 3.63) is 29.3 Å². The van der Waals surface area contributed by atoms with E-state index in [2.05, 4.69) is 31.0 Å². The zero-order valence-corrected chi connectivity index (χ0v) is 18.6. The van der Waals surface area contributed by atoms with Gasteiger partial charge in [-0.3, -0.25) is 9.59 Å². The molecule has 1 aromatic rings. The van der Waals surface area contributed by atoms with Crippen LogP contribution in [0.4, 0.5) is 5.69 Å². The van der Waals surface area contributed by atoms with Crippen LogP contribution in [0.3, 0.4) is 0 Å². The Kier molecular flexibility index (Phi) is 7.55. The van der Waals surface area contributed by atoms with Gasteiger partial charge < -0.3 is 20.0 Å². The quantitative estimate of drug-likeness (QED) is 0.636. The number of nitrogens with one attached hydrogen (secondary N) is 3. The monoisotopic (exact) mass is 422 g/mol. The Morgan fingerprint density at radius 1 is 1.14 bits per heavy atom. The number of amides is 2. The number of rotatable bonds is 5. The van der Waals surface area contributed by atoms with E-state index in [0.717, 1.165) is 39.0 Å². The first-order valence-electron chi connectivity index (χ1n) is 10.9. The van der Waals surface area contributed by atoms with Crippen molar-refractivity contribution < 1.29 is 19.4 Å². The number of halogens is 1. The molecule has 3 rings (SSSR count). The van der Waals surface area contributed by atoms with E-state index in [9.17, 15) is 9.59 Å². The van der Waals surface area contributed by atoms with Gasteiger partial charge in [-0.25, -0.2) is 0 Å². The summed E-state index contributed by atoms with van der Waals surface area (Å²) in [6, 6.07) is 7.96. The number of carbonyl (C=O) groups excluding carboxylic acids is 2. The van der Waals surface area contributed by atoms with Crippen LogP contribution in [0.15, 0.2) is 24.3 Å². The molecule has 3 N–H and O–H groups in total. The smallest absolute Gasteiger partial charge is 0.281 e. The first kappa shape index (κ1) is 22.1. The summed E-state index contributed by atoms with van der Waals surface area (Å²) < 4.78 is 0. The summed E-state index contributed by atoms with van der Waals surface area (Å²) in [7, 11) is 0. The Balaban J connectivity index is 1.47. The zero-order valence-electron chi connectivity index (χ0n) is 17.8. The van der Waals surface area contributed by atoms with Crippen molar-refractivity contribution in [1.29, 1.82) is 0 Å². The third-order valence-corrected chi connectivity index (χ3v) is 6.92. The summed E-state index contributed by atoms with van der Waals surface area (Å²) in [4.78, 5) is 30.2. The molecular formula is C22H35ClN4O2+2. The van der Waals surface area contributed by atoms with E-state index < -0.39 is 0 Å². The van der Waals surface area contributed by atoms with Gasteiger partial charge in [0, 0.05) is 12.1 Å². The van der Waals surface area contributed by atoms with Crippen molar-refractivity contribution in [2.24, 2.45) is 0 Å². The van der Waals surface area contributed by atoms with Crippen molar-refractivity contribution in [1.82, 2.24) is 4.90 Å². The van der Waals surface area contributed by atoms with Gasteiger partial charge in [0.1, 0.15) is 26.2 Å². The van der Waals surface area contributed by atoms with Gasteiger partial charge in [-0.2, -0.15) is 0 Å². The number of hydrogen-bond donors (Lipinski definition) is 3. The van der Waals surface area contributed by atoms with Crippen LogP contribution in [0.5, 0.6) is 0 Å². The molecule has 0 radical (unpaired) electrons. The fourth-order valence-electron chi connectivity index (χ4n) is 4.77. The lowest BCUT2D eigenvalue weighted by Gasteiger charge is -2.42. The van der Waals surface area contributed by atoms with Gasteiger partial charge in [-0.1, -0.05) is 23.7 Å². The molecule has 2 saturated heterocycles. The normalized spacial score (nSPS) is 28.6. The number of quaternary nitrogens is 2. The number of anilines is 1. The van der Waals surface area contributed by atoms with Crippen LogP contribution in [0, 0.1) is 0 Å². The Morgan fingerprint density at radius 3 is 2.38 bits per heavy atom. The average molecular weight is 423 g/mol. The molecular weight excluding hydrogens is 388 g/mol. The van der Waals surface area contributed by atoms with E-state index in [1.54, 1.807) is 6.07 Å². The largest absolute Gasteiger partial charge is 0.332 e. The van der Waals surface area contributed by atoms with Crippen LogP contribution in [0.2, 0.25) is 5.02 Å². The standard InChI is InChI=1S/C22H33ClN4O2/c1-16-7-6-8-17(2)27(16)22(29)18(3)26-13-11-25(12-14-26)15-21(28)24-20-10-5-4-9-19(20)23/h4-5,9-10,16-18H,6-8,11-15H2,1-3H3,(H,24,28)/p+2/t16-,17-,18-/m1/s1. The first-order valence-corrected chi connectivity index (χ1v) is 11.3. The first-order chi connectivity index (χ1) is 13.9. The highest BCUT2D eigenvalue weighted by Gasteiger charge is 2.38. The number of piperidine rings is 1. The summed E-state index contributed by atoms with van der Waals surface area (Å²) in [5.74, 6) is 0.274. The molecule has 0 unspecified atom stereocenters. The van der Waals surface area contributed by atoms with E-state index >= 15 is 0 Å². The minimum absolute atomic E-state index is 0.0170. The van der Waals surface area contributed by atoms with Gasteiger partial charge in [-0.05, 0) is 52.2 Å². The van der Waals surface area contributed by atoms with Crippen LogP contribution < -0.4 is 15.1 Å². The molecule has 0 saturated carbocycles. The van der Waals surface area contributed by atoms with Gasteiger partial charge in [-0.15, -0.1) is 0 Å². The van der Waals surface area contributed by atoms with Gasteiger partial charge in [0.15, 0.2) is 12.6 Å². The van der Waals surface area contributed by atoms with Crippen LogP contribution in [0.25, 0.3) is 0 Å². The molecule has 0 bridgehead atoms. The number of para-hydroxylation sites is 1. The van der Waals surface area contributed by atoms with E-state index in [1.165, 1.54) is 16.2 Å². The third-order valence-electron chi connectivity index (χ3n) is 6.59. The third kappa shape index (κ3) is 5.50. The topological polar surface area (TPSA) is 58.3 Å². The highest BCUT2D eigenvalue weighted by atomic mass is 35.5. The number of nitrogens with zero attached hydrogens (tertiary/aromatic N) is 1. The summed E-state index contributed by atoms with van der Waals surface area (Å²) >= 11 is 6.12. The summed E-state index contributed by atoms with van der Waals surface area (Å²) in [6.07, 6.45) is 3.43. The summed E-state index contributed by atoms with van der Waals surface area (Å²) in [6.45, 7) is 10.5. The van der Waals surface area contributed by atoms with Crippen LogP contribution in [-0.4, -0.2) is 67.6 Å². The van der Waals surface area contributed by atoms with E-state index in [-0.39, 0.29) is 11.9 Å². The van der Waals surface area contributed by atoms with Crippen molar-refractivity contribution >= 4 is 29.1 Å². The summed E-state index contributed by atoms with van der Waals surface area (Å²) in [5.41, 5.74) is 0.659. The van der Waals surface area contributed by atoms with Gasteiger partial charge in [0.25, 0.3) is 11.8 Å². The second-order valence-electron chi connectivity index (χ2n) is 8.71. The highest BCUT2D eigenvalue weighted by molar-refractivity contribution is 6.33. The average Bonchev–Trinajstić information content (AvgIpc) is 2.69. The van der Waals surface area contributed by atoms with E-state index in [1.807, 2.05) is 18.2 Å². The van der Waals surface area contributed by atoms with Crippen LogP contribution in [0.1, 0.15) is 40.0 Å². The van der Waals surface area contributed by atoms with Crippen molar-refractivity contribution in [2.75, 3.05) is 38.0 Å². The molecule has 0 aromatic heterocycles. The highest BCUT2D eigenvalue weighted by Crippen LogP contribution is 2.23. The van der Waals surface area contributed by atoms with Crippen LogP contribution in [-0.2, 0) is 9.59 Å². The van der Waals surface area contributed by atoms with Crippen molar-refractivity contribution in [2.45, 2.75) is 58.2 Å². The lowest BCUT2D eigenvalue weighted by molar-refractivity contribution is -1.02. The Labute approximate surface area is 179 Å². The predicted molar refractivity (Wildman–Crippen MR) is 115 cm³/mol. The van der Waals surface area contributed by atoms with Crippen LogP contribution >= 0.6 is 11.6 Å². The molecule has 3 atom stereocenters. The lowest BCUT2D eigenvalue weighted by Crippen LogP contribution is -3.30. The molecule has 160 valence electrons. The Bertz CT molecular complexity index is 711. The van der Waals surface area contributed by atoms with Gasteiger partial charge >= 0.3 is 0 Å². The molecule has 0 spiro atoms. The zero-order chi connectivity index (χ0) is 21.0. The minimum atomic E-state index is -0.0171. The Hall–Kier alpha value is -1.63. The number of carbonyl (C=O) groups is 2. The van der Waals surface area contributed by atoms with E-state index in [0.29, 0.717) is 35.2 Å². The molecule has 0 aliphatic carbocycles. The number of benzene rings is 1. The fraction of sp³-hybridized carbons (Fsp3) is 0.636. The van der Waals surface area contributed by atoms with Gasteiger partial charge in [0.2, 0.25) is 0 Å². The molecule has 2 heterocycles. The second kappa shape index (κ2) is 9.92. The molecule has 29 heavy (non-hydrogen) atoms. The molecule has 1 aromatic carbocycles. The molecule has 2 fully saturated rings. The molecule has 6 nitrogen and oxygen atoms in total. The SMILES string of the molecule is C[C@@H]1CCC[C@@H](C)N1C(=O)[C@@H](C)[NH+]1CC[NH+](CC(=O)Nc2ccccc2Cl)CC1. The molecule has 2 amide bonds. The minimum Gasteiger partial charge on any atom is -0.332 e. The number of piperazine rings is 1. The summed E-state index contributed by atoms with van der Waals surface area (Å²) in [5, 5.41) is 3.46. The maximum absolute atomic E-state index is 13.1. The lowest BCUT2D eigenvalue weighted by atomic mass is 9.96.